The van der Waals surface area contributed by atoms with Crippen molar-refractivity contribution in [1.29, 1.82) is 5.26 Å². The number of hydrogen-bond donors (Lipinski definition) is 4. The minimum atomic E-state index is -0.404. The van der Waals surface area contributed by atoms with Crippen LogP contribution in [0.1, 0.15) is 28.8 Å². The molecule has 1 aliphatic heterocycles. The molecule has 0 saturated carbocycles. The average Bonchev–Trinajstić information content (AvgIpc) is 2.86. The van der Waals surface area contributed by atoms with E-state index in [0.29, 0.717) is 44.2 Å². The normalized spacial score (nSPS) is 15.4. The van der Waals surface area contributed by atoms with Gasteiger partial charge < -0.3 is 25.2 Å². The second-order valence-corrected chi connectivity index (χ2v) is 7.84. The summed E-state index contributed by atoms with van der Waals surface area (Å²) in [7, 11) is 1.46. The van der Waals surface area contributed by atoms with E-state index in [-0.39, 0.29) is 29.9 Å². The second kappa shape index (κ2) is 11.2. The molecule has 0 aromatic heterocycles. The highest BCUT2D eigenvalue weighted by molar-refractivity contribution is 5.99. The number of carbonyl (C=O) groups is 1. The van der Waals surface area contributed by atoms with Crippen molar-refractivity contribution in [3.05, 3.63) is 59.7 Å². The number of aromatic hydroxyl groups is 1. The Balaban J connectivity index is 1.80. The summed E-state index contributed by atoms with van der Waals surface area (Å²) in [5.41, 5.74) is 0.883. The second-order valence-electron chi connectivity index (χ2n) is 7.84. The summed E-state index contributed by atoms with van der Waals surface area (Å²) in [5.74, 6) is 0.210. The quantitative estimate of drug-likeness (QED) is 0.218. The maximum atomic E-state index is 13.0. The van der Waals surface area contributed by atoms with Gasteiger partial charge in [-0.15, -0.1) is 0 Å². The lowest BCUT2D eigenvalue weighted by Gasteiger charge is -2.43. The van der Waals surface area contributed by atoms with Gasteiger partial charge in [0.15, 0.2) is 6.19 Å². The van der Waals surface area contributed by atoms with Crippen LogP contribution in [0.15, 0.2) is 53.5 Å². The van der Waals surface area contributed by atoms with Gasteiger partial charge in [0.1, 0.15) is 17.1 Å². The molecule has 3 rings (SSSR count). The maximum absolute atomic E-state index is 13.0. The molecule has 0 spiro atoms. The highest BCUT2D eigenvalue weighted by atomic mass is 16.5. The number of rotatable bonds is 7. The molecule has 4 N–H and O–H groups in total. The predicted octanol–water partition coefficient (Wildman–Crippen LogP) is 1.58. The molecular weight excluding hydrogens is 422 g/mol. The van der Waals surface area contributed by atoms with Crippen LogP contribution in [0.5, 0.6) is 11.5 Å². The number of aliphatic hydroxyl groups is 1. The number of aliphatic hydroxyl groups excluding tert-OH is 1. The zero-order valence-electron chi connectivity index (χ0n) is 18.6. The summed E-state index contributed by atoms with van der Waals surface area (Å²) in [6, 6.07) is 14.7. The summed E-state index contributed by atoms with van der Waals surface area (Å²) in [4.78, 5) is 19.2. The number of phenols is 1. The van der Waals surface area contributed by atoms with Crippen molar-refractivity contribution in [3.63, 3.8) is 0 Å². The lowest BCUT2D eigenvalue weighted by atomic mass is 9.72. The molecule has 2 aromatic carbocycles. The van der Waals surface area contributed by atoms with Crippen molar-refractivity contribution in [3.8, 4) is 17.7 Å². The summed E-state index contributed by atoms with van der Waals surface area (Å²) in [6.45, 7) is 1.71. The topological polar surface area (TPSA) is 130 Å². The minimum Gasteiger partial charge on any atom is -0.507 e. The summed E-state index contributed by atoms with van der Waals surface area (Å²) >= 11 is 0. The number of benzene rings is 2. The van der Waals surface area contributed by atoms with Crippen molar-refractivity contribution in [2.45, 2.75) is 18.3 Å². The number of amides is 1. The van der Waals surface area contributed by atoms with Crippen LogP contribution in [0.4, 0.5) is 0 Å². The first kappa shape index (κ1) is 23.9. The molecule has 33 heavy (non-hydrogen) atoms. The minimum absolute atomic E-state index is 0.0970. The SMILES string of the molecule is COc1cccc(O)c1C(=O)NCC1(c2ccccc2)CCN(C(=NCCO)NC#N)CC1. The lowest BCUT2D eigenvalue weighted by molar-refractivity contribution is 0.0926. The largest absolute Gasteiger partial charge is 0.507 e. The number of nitrogens with zero attached hydrogens (tertiary/aromatic N) is 3. The number of hydrogen-bond acceptors (Lipinski definition) is 6. The third-order valence-corrected chi connectivity index (χ3v) is 5.97. The predicted molar refractivity (Wildman–Crippen MR) is 124 cm³/mol. The molecule has 1 fully saturated rings. The first-order valence-corrected chi connectivity index (χ1v) is 10.8. The van der Waals surface area contributed by atoms with Gasteiger partial charge in [-0.25, -0.2) is 4.99 Å². The highest BCUT2D eigenvalue weighted by Gasteiger charge is 2.37. The Kier molecular flexibility index (Phi) is 8.11. The van der Waals surface area contributed by atoms with E-state index in [1.54, 1.807) is 12.1 Å². The van der Waals surface area contributed by atoms with E-state index in [1.165, 1.54) is 13.2 Å². The Labute approximate surface area is 193 Å². The van der Waals surface area contributed by atoms with Gasteiger partial charge in [-0.05, 0) is 30.5 Å². The molecule has 9 nitrogen and oxygen atoms in total. The molecule has 174 valence electrons. The van der Waals surface area contributed by atoms with E-state index >= 15 is 0 Å². The third kappa shape index (κ3) is 5.54. The Morgan fingerprint density at radius 3 is 2.58 bits per heavy atom. The molecule has 1 heterocycles. The van der Waals surface area contributed by atoms with E-state index in [9.17, 15) is 9.90 Å². The maximum Gasteiger partial charge on any atom is 0.258 e. The fourth-order valence-electron chi connectivity index (χ4n) is 4.19. The molecule has 1 amide bonds. The fraction of sp³-hybridized carbons (Fsp3) is 0.375. The standard InChI is InChI=1S/C24H29N5O4/c1-33-20-9-5-8-19(31)21(20)22(32)27-16-24(18-6-3-2-4-7-18)10-13-29(14-11-24)23(28-17-25)26-12-15-30/h2-9,30-31H,10-16H2,1H3,(H,26,28)(H,27,32). The van der Waals surface area contributed by atoms with Crippen molar-refractivity contribution < 1.29 is 19.7 Å². The molecule has 1 aliphatic rings. The van der Waals surface area contributed by atoms with E-state index in [4.69, 9.17) is 15.1 Å². The van der Waals surface area contributed by atoms with E-state index in [0.717, 1.165) is 5.56 Å². The first-order valence-electron chi connectivity index (χ1n) is 10.8. The van der Waals surface area contributed by atoms with Gasteiger partial charge in [-0.2, -0.15) is 5.26 Å². The summed E-state index contributed by atoms with van der Waals surface area (Å²) < 4.78 is 5.25. The molecule has 1 saturated heterocycles. The van der Waals surface area contributed by atoms with Crippen molar-refractivity contribution in [2.75, 3.05) is 39.9 Å². The van der Waals surface area contributed by atoms with Crippen molar-refractivity contribution >= 4 is 11.9 Å². The van der Waals surface area contributed by atoms with Gasteiger partial charge in [0, 0.05) is 25.0 Å². The van der Waals surface area contributed by atoms with Crippen molar-refractivity contribution in [1.82, 2.24) is 15.5 Å². The zero-order chi connectivity index (χ0) is 23.7. The van der Waals surface area contributed by atoms with Crippen LogP contribution < -0.4 is 15.4 Å². The molecule has 0 unspecified atom stereocenters. The molecule has 2 aromatic rings. The van der Waals surface area contributed by atoms with Gasteiger partial charge in [-0.1, -0.05) is 36.4 Å². The number of phenolic OH excluding ortho intramolecular Hbond substituents is 1. The molecule has 0 radical (unpaired) electrons. The summed E-state index contributed by atoms with van der Waals surface area (Å²) in [6.07, 6.45) is 3.32. The number of nitrogens with one attached hydrogen (secondary N) is 2. The number of carbonyl (C=O) groups excluding carboxylic acids is 1. The fourth-order valence-corrected chi connectivity index (χ4v) is 4.19. The van der Waals surface area contributed by atoms with Gasteiger partial charge in [0.05, 0.1) is 20.3 Å². The van der Waals surface area contributed by atoms with Crippen molar-refractivity contribution in [2.24, 2.45) is 4.99 Å². The molecular formula is C24H29N5O4. The van der Waals surface area contributed by atoms with Crippen LogP contribution in [0.2, 0.25) is 0 Å². The average molecular weight is 452 g/mol. The number of likely N-dealkylation sites (tertiary alicyclic amines) is 1. The number of ether oxygens (including phenoxy) is 1. The number of piperidine rings is 1. The molecule has 0 atom stereocenters. The number of methoxy groups -OCH3 is 1. The number of aliphatic imine (C=N–C) groups is 1. The van der Waals surface area contributed by atoms with Crippen LogP contribution in [0.3, 0.4) is 0 Å². The zero-order valence-corrected chi connectivity index (χ0v) is 18.6. The Morgan fingerprint density at radius 2 is 1.94 bits per heavy atom. The highest BCUT2D eigenvalue weighted by Crippen LogP contribution is 2.36. The monoisotopic (exact) mass is 451 g/mol. The number of nitriles is 1. The molecule has 9 heteroatoms. The van der Waals surface area contributed by atoms with Gasteiger partial charge in [-0.3, -0.25) is 10.1 Å². The molecule has 0 bridgehead atoms. The number of guanidine groups is 1. The Morgan fingerprint density at radius 1 is 1.21 bits per heavy atom. The van der Waals surface area contributed by atoms with Gasteiger partial charge in [0.25, 0.3) is 5.91 Å². The molecule has 0 aliphatic carbocycles. The van der Waals surface area contributed by atoms with Crippen LogP contribution in [-0.2, 0) is 5.41 Å². The van der Waals surface area contributed by atoms with E-state index < -0.39 is 5.91 Å². The lowest BCUT2D eigenvalue weighted by Crippen LogP contribution is -2.52. The Bertz CT molecular complexity index is 1010. The van der Waals surface area contributed by atoms with Crippen LogP contribution in [0, 0.1) is 11.5 Å². The van der Waals surface area contributed by atoms with Crippen LogP contribution >= 0.6 is 0 Å². The van der Waals surface area contributed by atoms with Gasteiger partial charge >= 0.3 is 0 Å². The first-order chi connectivity index (χ1) is 16.0. The Hall–Kier alpha value is -3.77. The van der Waals surface area contributed by atoms with Gasteiger partial charge in [0.2, 0.25) is 5.96 Å². The van der Waals surface area contributed by atoms with Crippen LogP contribution in [0.25, 0.3) is 0 Å². The van der Waals surface area contributed by atoms with Crippen LogP contribution in [-0.4, -0.2) is 66.9 Å². The summed E-state index contributed by atoms with van der Waals surface area (Å²) in [5, 5.41) is 34.0. The smallest absolute Gasteiger partial charge is 0.258 e. The third-order valence-electron chi connectivity index (χ3n) is 5.97. The van der Waals surface area contributed by atoms with E-state index in [2.05, 4.69) is 27.8 Å². The van der Waals surface area contributed by atoms with E-state index in [1.807, 2.05) is 29.3 Å².